The van der Waals surface area contributed by atoms with E-state index in [0.717, 1.165) is 31.4 Å². The summed E-state index contributed by atoms with van der Waals surface area (Å²) in [7, 11) is 0. The zero-order valence-corrected chi connectivity index (χ0v) is 22.1. The number of carbonyl (C=O) groups is 2. The van der Waals surface area contributed by atoms with Crippen LogP contribution in [0.3, 0.4) is 0 Å². The highest BCUT2D eigenvalue weighted by Crippen LogP contribution is 2.38. The summed E-state index contributed by atoms with van der Waals surface area (Å²) >= 11 is 0. The Morgan fingerprint density at radius 2 is 1.70 bits per heavy atom. The largest absolute Gasteiger partial charge is 0.464 e. The van der Waals surface area contributed by atoms with Gasteiger partial charge in [0.05, 0.1) is 11.1 Å². The number of ether oxygens (including phenoxy) is 1. The molecule has 1 heterocycles. The second kappa shape index (κ2) is 10.5. The van der Waals surface area contributed by atoms with Gasteiger partial charge in [0.1, 0.15) is 6.10 Å². The number of nitrogens with one attached hydrogen (secondary N) is 1. The second-order valence-electron chi connectivity index (χ2n) is 11.7. The Morgan fingerprint density at radius 1 is 1.05 bits per heavy atom. The first-order valence-electron chi connectivity index (χ1n) is 13.2. The van der Waals surface area contributed by atoms with Crippen LogP contribution in [0.5, 0.6) is 0 Å². The molecule has 0 spiro atoms. The number of halogens is 3. The molecular weight excluding hydrogens is 481 g/mol. The van der Waals surface area contributed by atoms with Crippen molar-refractivity contribution in [2.75, 3.05) is 0 Å². The molecule has 1 aromatic heterocycles. The first kappa shape index (κ1) is 27.3. The number of carbonyl (C=O) groups excluding carboxylic acids is 2. The number of hydrogen-bond acceptors (Lipinski definition) is 3. The highest BCUT2D eigenvalue weighted by Gasteiger charge is 2.35. The highest BCUT2D eigenvalue weighted by molar-refractivity contribution is 5.97. The topological polar surface area (TPSA) is 60.3 Å². The summed E-state index contributed by atoms with van der Waals surface area (Å²) in [5, 5.41) is 3.00. The van der Waals surface area contributed by atoms with Gasteiger partial charge in [-0.25, -0.2) is 0 Å². The molecule has 202 valence electrons. The Morgan fingerprint density at radius 3 is 2.30 bits per heavy atom. The van der Waals surface area contributed by atoms with Crippen molar-refractivity contribution in [1.29, 1.82) is 0 Å². The maximum Gasteiger partial charge on any atom is 0.416 e. The first-order valence-corrected chi connectivity index (χ1v) is 13.2. The van der Waals surface area contributed by atoms with Crippen LogP contribution < -0.4 is 5.32 Å². The van der Waals surface area contributed by atoms with Gasteiger partial charge in [0.25, 0.3) is 12.4 Å². The maximum absolute atomic E-state index is 13.9. The van der Waals surface area contributed by atoms with Crippen molar-refractivity contribution in [2.24, 2.45) is 5.92 Å². The van der Waals surface area contributed by atoms with Crippen molar-refractivity contribution >= 4 is 12.4 Å². The van der Waals surface area contributed by atoms with Crippen LogP contribution in [-0.4, -0.2) is 29.1 Å². The van der Waals surface area contributed by atoms with Gasteiger partial charge in [-0.3, -0.25) is 9.59 Å². The van der Waals surface area contributed by atoms with Crippen molar-refractivity contribution in [3.63, 3.8) is 0 Å². The molecule has 1 N–H and O–H groups in total. The van der Waals surface area contributed by atoms with Crippen molar-refractivity contribution < 1.29 is 27.5 Å². The Kier molecular flexibility index (Phi) is 7.77. The zero-order valence-electron chi connectivity index (χ0n) is 22.1. The second-order valence-corrected chi connectivity index (χ2v) is 11.7. The van der Waals surface area contributed by atoms with Crippen LogP contribution in [0.15, 0.2) is 24.3 Å². The molecule has 0 aliphatic heterocycles. The van der Waals surface area contributed by atoms with E-state index in [1.165, 1.54) is 18.6 Å². The van der Waals surface area contributed by atoms with Crippen molar-refractivity contribution in [3.8, 4) is 11.3 Å². The Bertz CT molecular complexity index is 1100. The van der Waals surface area contributed by atoms with E-state index < -0.39 is 17.2 Å². The van der Waals surface area contributed by atoms with Crippen molar-refractivity contribution in [1.82, 2.24) is 9.88 Å². The van der Waals surface area contributed by atoms with Crippen LogP contribution in [0.25, 0.3) is 11.3 Å². The van der Waals surface area contributed by atoms with E-state index in [1.54, 1.807) is 6.07 Å². The van der Waals surface area contributed by atoms with Gasteiger partial charge in [0.15, 0.2) is 0 Å². The van der Waals surface area contributed by atoms with Gasteiger partial charge >= 0.3 is 6.18 Å². The summed E-state index contributed by atoms with van der Waals surface area (Å²) in [6.07, 6.45) is 2.12. The van der Waals surface area contributed by atoms with E-state index in [1.807, 2.05) is 38.3 Å². The number of benzene rings is 1. The lowest BCUT2D eigenvalue weighted by atomic mass is 9.84. The van der Waals surface area contributed by atoms with E-state index in [9.17, 15) is 22.8 Å². The van der Waals surface area contributed by atoms with Crippen LogP contribution in [0.2, 0.25) is 0 Å². The summed E-state index contributed by atoms with van der Waals surface area (Å²) in [5.74, 6) is 0.175. The Hall–Kier alpha value is -2.77. The quantitative estimate of drug-likeness (QED) is 0.411. The lowest BCUT2D eigenvalue weighted by molar-refractivity contribution is -0.138. The van der Waals surface area contributed by atoms with Crippen LogP contribution in [0.1, 0.15) is 92.9 Å². The minimum atomic E-state index is -4.48. The number of nitrogens with zero attached hydrogens (tertiary/aromatic N) is 1. The molecule has 0 saturated heterocycles. The lowest BCUT2D eigenvalue weighted by Crippen LogP contribution is -2.47. The normalized spacial score (nSPS) is 20.8. The van der Waals surface area contributed by atoms with Crippen LogP contribution in [-0.2, 0) is 27.7 Å². The third-order valence-electron chi connectivity index (χ3n) is 7.88. The number of rotatable bonds is 7. The van der Waals surface area contributed by atoms with Crippen LogP contribution in [0, 0.1) is 12.8 Å². The van der Waals surface area contributed by atoms with E-state index in [0.29, 0.717) is 54.2 Å². The molecular formula is C29H37F3N2O3. The third kappa shape index (κ3) is 6.21. The SMILES string of the molecule is Cc1c(C(=O)N[C@H]2C[C@H](OC=O)C2)cc(-c2cc(C(C)(C)C)cc(C(F)(F)F)c2)n1CC1CCCCC1. The maximum atomic E-state index is 13.9. The molecule has 2 aromatic rings. The summed E-state index contributed by atoms with van der Waals surface area (Å²) in [6, 6.07) is 5.91. The standard InChI is InChI=1S/C29H37F3N2O3/c1-18-25(27(36)33-23-13-24(14-23)37-17-35)15-26(34(18)16-19-8-6-5-7-9-19)20-10-21(28(2,3)4)12-22(11-20)29(30,31)32/h10-12,15,17,19,23-24H,5-9,13-14,16H2,1-4H3,(H,33,36)/t23-,24-. The molecule has 0 atom stereocenters. The molecule has 0 bridgehead atoms. The summed E-state index contributed by atoms with van der Waals surface area (Å²) in [5.41, 5.74) is 1.78. The minimum Gasteiger partial charge on any atom is -0.464 e. The van der Waals surface area contributed by atoms with Gasteiger partial charge < -0.3 is 14.6 Å². The molecule has 2 saturated carbocycles. The smallest absolute Gasteiger partial charge is 0.416 e. The predicted octanol–water partition coefficient (Wildman–Crippen LogP) is 6.79. The number of hydrogen-bond donors (Lipinski definition) is 1. The van der Waals surface area contributed by atoms with Gasteiger partial charge in [-0.05, 0) is 66.5 Å². The monoisotopic (exact) mass is 518 g/mol. The fraction of sp³-hybridized carbons (Fsp3) is 0.586. The molecule has 2 aliphatic rings. The highest BCUT2D eigenvalue weighted by atomic mass is 19.4. The lowest BCUT2D eigenvalue weighted by Gasteiger charge is -2.34. The van der Waals surface area contributed by atoms with Crippen LogP contribution >= 0.6 is 0 Å². The summed E-state index contributed by atoms with van der Waals surface area (Å²) in [6.45, 7) is 8.67. The average Bonchev–Trinajstić information content (AvgIpc) is 3.13. The van der Waals surface area contributed by atoms with Gasteiger partial charge in [0, 0.05) is 36.8 Å². The molecule has 0 radical (unpaired) electrons. The minimum absolute atomic E-state index is 0.0944. The van der Waals surface area contributed by atoms with Gasteiger partial charge in [-0.15, -0.1) is 0 Å². The molecule has 1 amide bonds. The zero-order chi connectivity index (χ0) is 27.0. The first-order chi connectivity index (χ1) is 17.4. The Labute approximate surface area is 216 Å². The molecule has 2 aliphatic carbocycles. The number of alkyl halides is 3. The summed E-state index contributed by atoms with van der Waals surface area (Å²) < 4.78 is 48.7. The van der Waals surface area contributed by atoms with Gasteiger partial charge in [-0.1, -0.05) is 40.0 Å². The molecule has 37 heavy (non-hydrogen) atoms. The third-order valence-corrected chi connectivity index (χ3v) is 7.88. The molecule has 0 unspecified atom stereocenters. The fourth-order valence-corrected chi connectivity index (χ4v) is 5.49. The van der Waals surface area contributed by atoms with Crippen molar-refractivity contribution in [2.45, 2.75) is 103 Å². The van der Waals surface area contributed by atoms with Crippen molar-refractivity contribution in [3.05, 3.63) is 46.6 Å². The van der Waals surface area contributed by atoms with Crippen LogP contribution in [0.4, 0.5) is 13.2 Å². The van der Waals surface area contributed by atoms with E-state index in [-0.39, 0.29) is 18.1 Å². The Balaban J connectivity index is 1.74. The summed E-state index contributed by atoms with van der Waals surface area (Å²) in [4.78, 5) is 23.8. The van der Waals surface area contributed by atoms with Gasteiger partial charge in [0.2, 0.25) is 0 Å². The predicted molar refractivity (Wildman–Crippen MR) is 136 cm³/mol. The fourth-order valence-electron chi connectivity index (χ4n) is 5.49. The molecule has 2 fully saturated rings. The number of aromatic nitrogens is 1. The van der Waals surface area contributed by atoms with E-state index in [4.69, 9.17) is 4.74 Å². The molecule has 1 aromatic carbocycles. The van der Waals surface area contributed by atoms with E-state index in [2.05, 4.69) is 5.32 Å². The average molecular weight is 519 g/mol. The molecule has 8 heteroatoms. The van der Waals surface area contributed by atoms with Gasteiger partial charge in [-0.2, -0.15) is 13.2 Å². The van der Waals surface area contributed by atoms with E-state index >= 15 is 0 Å². The molecule has 4 rings (SSSR count). The molecule has 5 nitrogen and oxygen atoms in total. The number of amides is 1.